The summed E-state index contributed by atoms with van der Waals surface area (Å²) >= 11 is 0. The second-order valence-electron chi connectivity index (χ2n) is 5.71. The Hall–Kier alpha value is -2.62. The Kier molecular flexibility index (Phi) is 5.12. The molecule has 1 unspecified atom stereocenters. The van der Waals surface area contributed by atoms with Crippen LogP contribution in [0, 0.1) is 0 Å². The number of amides is 1. The first-order chi connectivity index (χ1) is 12.4. The van der Waals surface area contributed by atoms with Gasteiger partial charge in [0, 0.05) is 17.7 Å². The molecule has 0 spiro atoms. The van der Waals surface area contributed by atoms with Crippen LogP contribution < -0.4 is 19.7 Å². The van der Waals surface area contributed by atoms with Crippen molar-refractivity contribution in [1.82, 2.24) is 10.2 Å². The lowest BCUT2D eigenvalue weighted by Gasteiger charge is -2.20. The highest BCUT2D eigenvalue weighted by molar-refractivity contribution is 7.89. The topological polar surface area (TPSA) is 114 Å². The SMILES string of the molecule is CC(NS(=O)(=O)c1ccc2c(c1)OCCO2)c1ccc(C(=O)NO)cc1. The van der Waals surface area contributed by atoms with Gasteiger partial charge in [0.2, 0.25) is 10.0 Å². The van der Waals surface area contributed by atoms with Crippen molar-refractivity contribution in [3.8, 4) is 11.5 Å². The smallest absolute Gasteiger partial charge is 0.274 e. The molecule has 1 amide bonds. The van der Waals surface area contributed by atoms with Gasteiger partial charge in [-0.1, -0.05) is 12.1 Å². The van der Waals surface area contributed by atoms with E-state index in [4.69, 9.17) is 14.7 Å². The summed E-state index contributed by atoms with van der Waals surface area (Å²) in [7, 11) is -3.78. The lowest BCUT2D eigenvalue weighted by Crippen LogP contribution is -2.27. The second kappa shape index (κ2) is 7.32. The average Bonchev–Trinajstić information content (AvgIpc) is 2.66. The summed E-state index contributed by atoms with van der Waals surface area (Å²) in [6.45, 7) is 2.49. The van der Waals surface area contributed by atoms with Crippen LogP contribution in [0.25, 0.3) is 0 Å². The van der Waals surface area contributed by atoms with E-state index < -0.39 is 22.0 Å². The summed E-state index contributed by atoms with van der Waals surface area (Å²) in [4.78, 5) is 11.4. The molecule has 138 valence electrons. The average molecular weight is 378 g/mol. The maximum atomic E-state index is 12.6. The van der Waals surface area contributed by atoms with E-state index in [-0.39, 0.29) is 10.5 Å². The van der Waals surface area contributed by atoms with Crippen molar-refractivity contribution in [2.45, 2.75) is 17.9 Å². The number of carbonyl (C=O) groups is 1. The standard InChI is InChI=1S/C17H18N2O6S/c1-11(12-2-4-13(5-3-12)17(20)18-21)19-26(22,23)14-6-7-15-16(10-14)25-9-8-24-15/h2-7,10-11,19,21H,8-9H2,1H3,(H,18,20). The molecule has 0 fully saturated rings. The van der Waals surface area contributed by atoms with Gasteiger partial charge in [-0.3, -0.25) is 10.0 Å². The highest BCUT2D eigenvalue weighted by Gasteiger charge is 2.22. The Morgan fingerprint density at radius 2 is 1.73 bits per heavy atom. The zero-order chi connectivity index (χ0) is 18.7. The van der Waals surface area contributed by atoms with Crippen molar-refractivity contribution in [3.63, 3.8) is 0 Å². The lowest BCUT2D eigenvalue weighted by atomic mass is 10.1. The molecular weight excluding hydrogens is 360 g/mol. The summed E-state index contributed by atoms with van der Waals surface area (Å²) in [6, 6.07) is 10.1. The fourth-order valence-electron chi connectivity index (χ4n) is 2.55. The molecule has 2 aromatic rings. The van der Waals surface area contributed by atoms with Crippen LogP contribution >= 0.6 is 0 Å². The van der Waals surface area contributed by atoms with E-state index in [1.165, 1.54) is 24.3 Å². The van der Waals surface area contributed by atoms with Gasteiger partial charge >= 0.3 is 0 Å². The molecule has 0 aromatic heterocycles. The molecule has 1 aliphatic heterocycles. The van der Waals surface area contributed by atoms with Crippen molar-refractivity contribution in [2.75, 3.05) is 13.2 Å². The van der Waals surface area contributed by atoms with Gasteiger partial charge in [0.05, 0.1) is 4.90 Å². The number of ether oxygens (including phenoxy) is 2. The first kappa shape index (κ1) is 18.2. The number of carbonyl (C=O) groups excluding carboxylic acids is 1. The molecule has 8 nitrogen and oxygen atoms in total. The minimum Gasteiger partial charge on any atom is -0.486 e. The van der Waals surface area contributed by atoms with Crippen LogP contribution in [0.15, 0.2) is 47.4 Å². The van der Waals surface area contributed by atoms with Crippen LogP contribution in [0.4, 0.5) is 0 Å². The van der Waals surface area contributed by atoms with Crippen molar-refractivity contribution >= 4 is 15.9 Å². The zero-order valence-electron chi connectivity index (χ0n) is 13.9. The van der Waals surface area contributed by atoms with Crippen LogP contribution in [-0.4, -0.2) is 32.7 Å². The minimum atomic E-state index is -3.78. The van der Waals surface area contributed by atoms with Crippen LogP contribution in [-0.2, 0) is 10.0 Å². The molecule has 1 atom stereocenters. The third-order valence-corrected chi connectivity index (χ3v) is 5.47. The maximum absolute atomic E-state index is 12.6. The molecule has 0 bridgehead atoms. The van der Waals surface area contributed by atoms with Crippen molar-refractivity contribution in [3.05, 3.63) is 53.6 Å². The van der Waals surface area contributed by atoms with E-state index in [0.29, 0.717) is 30.3 Å². The Labute approximate surface area is 150 Å². The molecule has 0 radical (unpaired) electrons. The Morgan fingerprint density at radius 1 is 1.08 bits per heavy atom. The first-order valence-electron chi connectivity index (χ1n) is 7.87. The molecule has 0 aliphatic carbocycles. The predicted octanol–water partition coefficient (Wildman–Crippen LogP) is 1.62. The molecule has 0 saturated carbocycles. The number of hydrogen-bond donors (Lipinski definition) is 3. The summed E-state index contributed by atoms with van der Waals surface area (Å²) < 4.78 is 38.6. The van der Waals surface area contributed by atoms with E-state index in [0.717, 1.165) is 0 Å². The maximum Gasteiger partial charge on any atom is 0.274 e. The van der Waals surface area contributed by atoms with Crippen molar-refractivity contribution in [1.29, 1.82) is 0 Å². The molecule has 3 rings (SSSR count). The zero-order valence-corrected chi connectivity index (χ0v) is 14.7. The summed E-state index contributed by atoms with van der Waals surface area (Å²) in [5.41, 5.74) is 2.47. The van der Waals surface area contributed by atoms with Crippen LogP contribution in [0.2, 0.25) is 0 Å². The van der Waals surface area contributed by atoms with Gasteiger partial charge in [-0.2, -0.15) is 0 Å². The first-order valence-corrected chi connectivity index (χ1v) is 9.35. The summed E-state index contributed by atoms with van der Waals surface area (Å²) in [5, 5.41) is 8.62. The highest BCUT2D eigenvalue weighted by atomic mass is 32.2. The second-order valence-corrected chi connectivity index (χ2v) is 7.43. The molecule has 0 saturated heterocycles. The van der Waals surface area contributed by atoms with Crippen LogP contribution in [0.1, 0.15) is 28.9 Å². The van der Waals surface area contributed by atoms with Gasteiger partial charge in [0.25, 0.3) is 5.91 Å². The highest BCUT2D eigenvalue weighted by Crippen LogP contribution is 2.32. The molecule has 9 heteroatoms. The number of fused-ring (bicyclic) bond motifs is 1. The van der Waals surface area contributed by atoms with Gasteiger partial charge in [-0.25, -0.2) is 18.6 Å². The number of sulfonamides is 1. The van der Waals surface area contributed by atoms with E-state index in [2.05, 4.69) is 4.72 Å². The Morgan fingerprint density at radius 3 is 2.38 bits per heavy atom. The Bertz CT molecular complexity index is 911. The van der Waals surface area contributed by atoms with Gasteiger partial charge in [-0.05, 0) is 36.8 Å². The molecule has 1 heterocycles. The summed E-state index contributed by atoms with van der Waals surface area (Å²) in [5.74, 6) is 0.271. The van der Waals surface area contributed by atoms with E-state index in [9.17, 15) is 13.2 Å². The van der Waals surface area contributed by atoms with Crippen LogP contribution in [0.5, 0.6) is 11.5 Å². The van der Waals surface area contributed by atoms with Crippen molar-refractivity contribution in [2.24, 2.45) is 0 Å². The summed E-state index contributed by atoms with van der Waals surface area (Å²) in [6.07, 6.45) is 0. The monoisotopic (exact) mass is 378 g/mol. The normalized spacial score (nSPS) is 14.5. The van der Waals surface area contributed by atoms with E-state index in [1.54, 1.807) is 30.6 Å². The molecule has 2 aromatic carbocycles. The number of benzene rings is 2. The largest absolute Gasteiger partial charge is 0.486 e. The van der Waals surface area contributed by atoms with Crippen LogP contribution in [0.3, 0.4) is 0 Å². The number of nitrogens with one attached hydrogen (secondary N) is 2. The third-order valence-electron chi connectivity index (χ3n) is 3.93. The van der Waals surface area contributed by atoms with Gasteiger partial charge in [0.15, 0.2) is 11.5 Å². The molecular formula is C17H18N2O6S. The molecule has 3 N–H and O–H groups in total. The predicted molar refractivity (Wildman–Crippen MR) is 91.9 cm³/mol. The number of hydroxylamine groups is 1. The number of hydrogen-bond acceptors (Lipinski definition) is 6. The quantitative estimate of drug-likeness (QED) is 0.538. The van der Waals surface area contributed by atoms with Gasteiger partial charge in [-0.15, -0.1) is 0 Å². The molecule has 26 heavy (non-hydrogen) atoms. The minimum absolute atomic E-state index is 0.0740. The van der Waals surface area contributed by atoms with E-state index in [1.807, 2.05) is 0 Å². The van der Waals surface area contributed by atoms with E-state index >= 15 is 0 Å². The molecule has 1 aliphatic rings. The fourth-order valence-corrected chi connectivity index (χ4v) is 3.79. The Balaban J connectivity index is 1.77. The van der Waals surface area contributed by atoms with Gasteiger partial charge < -0.3 is 9.47 Å². The van der Waals surface area contributed by atoms with Crippen molar-refractivity contribution < 1.29 is 27.9 Å². The third kappa shape index (κ3) is 3.79. The lowest BCUT2D eigenvalue weighted by molar-refractivity contribution is 0.0706. The number of rotatable bonds is 5. The fraction of sp³-hybridized carbons (Fsp3) is 0.235. The van der Waals surface area contributed by atoms with Gasteiger partial charge in [0.1, 0.15) is 13.2 Å².